The summed E-state index contributed by atoms with van der Waals surface area (Å²) in [5.74, 6) is 1.11. The van der Waals surface area contributed by atoms with Crippen molar-refractivity contribution in [1.82, 2.24) is 20.1 Å². The molecule has 0 fully saturated rings. The van der Waals surface area contributed by atoms with Crippen LogP contribution in [0.3, 0.4) is 0 Å². The van der Waals surface area contributed by atoms with Gasteiger partial charge in [-0.3, -0.25) is 4.79 Å². The van der Waals surface area contributed by atoms with Gasteiger partial charge in [0.1, 0.15) is 24.7 Å². The maximum atomic E-state index is 13.5. The molecule has 1 amide bonds. The standard InChI is InChI=1S/C27H25N5O2/c1-19-24(26(33)28-16-20-10-4-2-5-11-20)25(32-27(31-19)29-18-30-32)22-14-8-9-15-23(22)34-17-21-12-6-3-7-13-21/h2-15,18,25H,16-17H2,1H3,(H,28,33)(H,29,30,31). The Hall–Kier alpha value is -4.39. The Morgan fingerprint density at radius 3 is 2.41 bits per heavy atom. The van der Waals surface area contributed by atoms with Gasteiger partial charge in [-0.1, -0.05) is 78.9 Å². The van der Waals surface area contributed by atoms with E-state index in [2.05, 4.69) is 20.7 Å². The molecule has 34 heavy (non-hydrogen) atoms. The maximum absolute atomic E-state index is 13.5. The molecular formula is C27H25N5O2. The summed E-state index contributed by atoms with van der Waals surface area (Å²) in [6.45, 7) is 2.74. The number of allylic oxidation sites excluding steroid dienone is 1. The van der Waals surface area contributed by atoms with Crippen molar-refractivity contribution in [2.24, 2.45) is 0 Å². The summed E-state index contributed by atoms with van der Waals surface area (Å²) in [6.07, 6.45) is 1.49. The molecule has 4 aromatic rings. The molecular weight excluding hydrogens is 426 g/mol. The monoisotopic (exact) mass is 451 g/mol. The van der Waals surface area contributed by atoms with Gasteiger partial charge >= 0.3 is 0 Å². The van der Waals surface area contributed by atoms with Gasteiger partial charge in [-0.25, -0.2) is 4.68 Å². The third kappa shape index (κ3) is 4.41. The number of carbonyl (C=O) groups excluding carboxylic acids is 1. The number of benzene rings is 3. The molecule has 170 valence electrons. The van der Waals surface area contributed by atoms with Crippen LogP contribution < -0.4 is 15.4 Å². The van der Waals surface area contributed by atoms with Crippen molar-refractivity contribution in [3.05, 3.63) is 119 Å². The second-order valence-corrected chi connectivity index (χ2v) is 8.07. The van der Waals surface area contributed by atoms with Crippen LogP contribution in [0.2, 0.25) is 0 Å². The van der Waals surface area contributed by atoms with Gasteiger partial charge in [0, 0.05) is 17.8 Å². The third-order valence-corrected chi connectivity index (χ3v) is 5.79. The molecule has 7 heteroatoms. The average molecular weight is 452 g/mol. The minimum Gasteiger partial charge on any atom is -0.489 e. The number of fused-ring (bicyclic) bond motifs is 1. The van der Waals surface area contributed by atoms with Crippen LogP contribution in [0.15, 0.2) is 103 Å². The van der Waals surface area contributed by atoms with Crippen molar-refractivity contribution in [2.45, 2.75) is 26.1 Å². The van der Waals surface area contributed by atoms with E-state index in [9.17, 15) is 4.79 Å². The molecule has 2 heterocycles. The second kappa shape index (κ2) is 9.62. The van der Waals surface area contributed by atoms with Gasteiger partial charge < -0.3 is 15.4 Å². The first-order valence-electron chi connectivity index (χ1n) is 11.2. The molecule has 0 spiro atoms. The van der Waals surface area contributed by atoms with Crippen molar-refractivity contribution in [2.75, 3.05) is 5.32 Å². The molecule has 0 saturated carbocycles. The van der Waals surface area contributed by atoms with Crippen LogP contribution >= 0.6 is 0 Å². The SMILES string of the molecule is CC1=C(C(=O)NCc2ccccc2)C(c2ccccc2OCc2ccccc2)n2ncnc2N1. The Balaban J connectivity index is 1.47. The normalized spacial score (nSPS) is 14.8. The van der Waals surface area contributed by atoms with Crippen LogP contribution in [0.25, 0.3) is 0 Å². The third-order valence-electron chi connectivity index (χ3n) is 5.79. The summed E-state index contributed by atoms with van der Waals surface area (Å²) in [5.41, 5.74) is 4.24. The van der Waals surface area contributed by atoms with Crippen molar-refractivity contribution in [3.8, 4) is 5.75 Å². The van der Waals surface area contributed by atoms with Crippen molar-refractivity contribution in [3.63, 3.8) is 0 Å². The minimum atomic E-state index is -0.485. The fourth-order valence-electron chi connectivity index (χ4n) is 4.12. The molecule has 3 aromatic carbocycles. The van der Waals surface area contributed by atoms with Gasteiger partial charge in [0.15, 0.2) is 0 Å². The first kappa shape index (κ1) is 21.5. The molecule has 0 aliphatic carbocycles. The van der Waals surface area contributed by atoms with Crippen molar-refractivity contribution < 1.29 is 9.53 Å². The highest BCUT2D eigenvalue weighted by atomic mass is 16.5. The van der Waals surface area contributed by atoms with Crippen molar-refractivity contribution >= 4 is 11.9 Å². The average Bonchev–Trinajstić information content (AvgIpc) is 3.35. The van der Waals surface area contributed by atoms with E-state index in [-0.39, 0.29) is 5.91 Å². The minimum absolute atomic E-state index is 0.169. The Labute approximate surface area is 198 Å². The van der Waals surface area contributed by atoms with Crippen LogP contribution in [0.1, 0.15) is 29.7 Å². The van der Waals surface area contributed by atoms with Gasteiger partial charge in [0.2, 0.25) is 5.95 Å². The largest absolute Gasteiger partial charge is 0.489 e. The summed E-state index contributed by atoms with van der Waals surface area (Å²) in [4.78, 5) is 17.8. The zero-order chi connectivity index (χ0) is 23.3. The number of rotatable bonds is 7. The lowest BCUT2D eigenvalue weighted by Gasteiger charge is -2.29. The predicted octanol–water partition coefficient (Wildman–Crippen LogP) is 4.46. The van der Waals surface area contributed by atoms with E-state index in [1.807, 2.05) is 91.9 Å². The number of amides is 1. The number of anilines is 1. The number of hydrogen-bond acceptors (Lipinski definition) is 5. The van der Waals surface area contributed by atoms with E-state index < -0.39 is 6.04 Å². The van der Waals surface area contributed by atoms with Crippen LogP contribution in [-0.2, 0) is 17.9 Å². The van der Waals surface area contributed by atoms with E-state index in [0.717, 1.165) is 22.4 Å². The predicted molar refractivity (Wildman–Crippen MR) is 130 cm³/mol. The van der Waals surface area contributed by atoms with Gasteiger partial charge in [-0.05, 0) is 24.1 Å². The van der Waals surface area contributed by atoms with Crippen LogP contribution in [0.5, 0.6) is 5.75 Å². The molecule has 2 N–H and O–H groups in total. The van der Waals surface area contributed by atoms with Gasteiger partial charge in [0.05, 0.1) is 5.57 Å². The fourth-order valence-corrected chi connectivity index (χ4v) is 4.12. The lowest BCUT2D eigenvalue weighted by Crippen LogP contribution is -2.35. The molecule has 1 unspecified atom stereocenters. The lowest BCUT2D eigenvalue weighted by molar-refractivity contribution is -0.118. The molecule has 5 rings (SSSR count). The number of ether oxygens (including phenoxy) is 1. The topological polar surface area (TPSA) is 81.1 Å². The van der Waals surface area contributed by atoms with Gasteiger partial charge in [0.25, 0.3) is 5.91 Å². The Bertz CT molecular complexity index is 1320. The van der Waals surface area contributed by atoms with E-state index in [0.29, 0.717) is 30.4 Å². The first-order chi connectivity index (χ1) is 16.7. The van der Waals surface area contributed by atoms with Gasteiger partial charge in [-0.15, -0.1) is 0 Å². The van der Waals surface area contributed by atoms with E-state index >= 15 is 0 Å². The highest BCUT2D eigenvalue weighted by Crippen LogP contribution is 2.38. The summed E-state index contributed by atoms with van der Waals surface area (Å²) in [6, 6.07) is 27.1. The lowest BCUT2D eigenvalue weighted by atomic mass is 9.94. The van der Waals surface area contributed by atoms with Crippen LogP contribution in [0, 0.1) is 0 Å². The Kier molecular flexibility index (Phi) is 6.07. The number of nitrogens with zero attached hydrogens (tertiary/aromatic N) is 3. The number of carbonyl (C=O) groups is 1. The number of hydrogen-bond donors (Lipinski definition) is 2. The fraction of sp³-hybridized carbons (Fsp3) is 0.148. The number of nitrogens with one attached hydrogen (secondary N) is 2. The van der Waals surface area contributed by atoms with E-state index in [4.69, 9.17) is 4.74 Å². The Morgan fingerprint density at radius 1 is 0.971 bits per heavy atom. The molecule has 0 radical (unpaired) electrons. The number of para-hydroxylation sites is 1. The molecule has 0 bridgehead atoms. The summed E-state index contributed by atoms with van der Waals surface area (Å²) >= 11 is 0. The highest BCUT2D eigenvalue weighted by molar-refractivity contribution is 5.96. The van der Waals surface area contributed by atoms with Crippen LogP contribution in [-0.4, -0.2) is 20.7 Å². The van der Waals surface area contributed by atoms with Crippen LogP contribution in [0.4, 0.5) is 5.95 Å². The van der Waals surface area contributed by atoms with E-state index in [1.165, 1.54) is 6.33 Å². The molecule has 1 aliphatic heterocycles. The molecule has 0 saturated heterocycles. The zero-order valence-corrected chi connectivity index (χ0v) is 18.8. The molecule has 1 aromatic heterocycles. The molecule has 1 atom stereocenters. The quantitative estimate of drug-likeness (QED) is 0.434. The molecule has 7 nitrogen and oxygen atoms in total. The summed E-state index contributed by atoms with van der Waals surface area (Å²) < 4.78 is 7.96. The summed E-state index contributed by atoms with van der Waals surface area (Å²) in [5, 5.41) is 10.7. The first-order valence-corrected chi connectivity index (χ1v) is 11.2. The van der Waals surface area contributed by atoms with Crippen molar-refractivity contribution in [1.29, 1.82) is 0 Å². The Morgan fingerprint density at radius 2 is 1.65 bits per heavy atom. The molecule has 1 aliphatic rings. The second-order valence-electron chi connectivity index (χ2n) is 8.07. The van der Waals surface area contributed by atoms with Gasteiger partial charge in [-0.2, -0.15) is 10.1 Å². The number of aromatic nitrogens is 3. The zero-order valence-electron chi connectivity index (χ0n) is 18.8. The maximum Gasteiger partial charge on any atom is 0.251 e. The van der Waals surface area contributed by atoms with E-state index in [1.54, 1.807) is 4.68 Å². The highest BCUT2D eigenvalue weighted by Gasteiger charge is 2.35. The summed E-state index contributed by atoms with van der Waals surface area (Å²) in [7, 11) is 0. The smallest absolute Gasteiger partial charge is 0.251 e.